The van der Waals surface area contributed by atoms with Crippen LogP contribution in [0.3, 0.4) is 0 Å². The lowest BCUT2D eigenvalue weighted by atomic mass is 10.2. The monoisotopic (exact) mass is 262 g/mol. The molecule has 0 aromatic carbocycles. The van der Waals surface area contributed by atoms with Crippen LogP contribution < -0.4 is 0 Å². The van der Waals surface area contributed by atoms with Crippen molar-refractivity contribution < 1.29 is 9.84 Å². The summed E-state index contributed by atoms with van der Waals surface area (Å²) in [4.78, 5) is 0. The molecule has 1 aromatic rings. The third-order valence-electron chi connectivity index (χ3n) is 1.92. The van der Waals surface area contributed by atoms with Crippen molar-refractivity contribution in [2.75, 3.05) is 13.7 Å². The molecule has 0 amide bonds. The molecule has 80 valence electrons. The average molecular weight is 263 g/mol. The second-order valence-corrected chi connectivity index (χ2v) is 4.24. The van der Waals surface area contributed by atoms with Gasteiger partial charge in [0.05, 0.1) is 23.0 Å². The second-order valence-electron chi connectivity index (χ2n) is 3.39. The summed E-state index contributed by atoms with van der Waals surface area (Å²) >= 11 is 3.36. The lowest BCUT2D eigenvalue weighted by molar-refractivity contribution is 0.0573. The van der Waals surface area contributed by atoms with E-state index in [1.54, 1.807) is 18.0 Å². The lowest BCUT2D eigenvalue weighted by Crippen LogP contribution is -2.14. The molecule has 0 aliphatic rings. The number of methoxy groups -OCH3 is 1. The highest BCUT2D eigenvalue weighted by Crippen LogP contribution is 2.25. The summed E-state index contributed by atoms with van der Waals surface area (Å²) in [6.07, 6.45) is 1.05. The highest BCUT2D eigenvalue weighted by Gasteiger charge is 2.18. The molecule has 0 radical (unpaired) electrons. The molecule has 14 heavy (non-hydrogen) atoms. The predicted molar refractivity (Wildman–Crippen MR) is 57.1 cm³/mol. The van der Waals surface area contributed by atoms with Crippen LogP contribution in [0.2, 0.25) is 0 Å². The van der Waals surface area contributed by atoms with Crippen LogP contribution in [0.25, 0.3) is 0 Å². The second kappa shape index (κ2) is 4.91. The van der Waals surface area contributed by atoms with Gasteiger partial charge >= 0.3 is 0 Å². The number of aromatic nitrogens is 2. The third kappa shape index (κ3) is 2.34. The molecular formula is C9H15BrN2O2. The van der Waals surface area contributed by atoms with Crippen molar-refractivity contribution in [3.8, 4) is 0 Å². The normalized spacial score (nSPS) is 13.6. The van der Waals surface area contributed by atoms with Crippen LogP contribution >= 0.6 is 15.9 Å². The molecule has 0 fully saturated rings. The fourth-order valence-corrected chi connectivity index (χ4v) is 1.85. The zero-order valence-electron chi connectivity index (χ0n) is 8.57. The quantitative estimate of drug-likeness (QED) is 0.902. The van der Waals surface area contributed by atoms with Crippen LogP contribution in [-0.2, 0) is 4.74 Å². The Bertz CT molecular complexity index is 299. The van der Waals surface area contributed by atoms with E-state index in [1.165, 1.54) is 0 Å². The van der Waals surface area contributed by atoms with Crippen molar-refractivity contribution >= 4 is 15.9 Å². The number of hydrogen-bond acceptors (Lipinski definition) is 3. The summed E-state index contributed by atoms with van der Waals surface area (Å²) in [6.45, 7) is 4.31. The summed E-state index contributed by atoms with van der Waals surface area (Å²) in [7, 11) is 1.56. The Balaban J connectivity index is 2.98. The van der Waals surface area contributed by atoms with Crippen molar-refractivity contribution in [1.82, 2.24) is 9.78 Å². The Hall–Kier alpha value is -0.390. The lowest BCUT2D eigenvalue weighted by Gasteiger charge is -2.15. The molecule has 1 rings (SSSR count). The minimum atomic E-state index is -0.640. The number of aliphatic hydroxyl groups excluding tert-OH is 1. The molecule has 0 spiro atoms. The van der Waals surface area contributed by atoms with E-state index in [-0.39, 0.29) is 12.6 Å². The molecule has 0 saturated heterocycles. The number of aliphatic hydroxyl groups is 1. The van der Waals surface area contributed by atoms with Gasteiger partial charge in [0.1, 0.15) is 6.10 Å². The molecule has 0 aliphatic carbocycles. The third-order valence-corrected chi connectivity index (χ3v) is 2.53. The molecule has 1 atom stereocenters. The van der Waals surface area contributed by atoms with Gasteiger partial charge in [0, 0.05) is 13.2 Å². The topological polar surface area (TPSA) is 47.3 Å². The van der Waals surface area contributed by atoms with Crippen molar-refractivity contribution in [3.63, 3.8) is 0 Å². The van der Waals surface area contributed by atoms with Crippen LogP contribution in [0.1, 0.15) is 31.7 Å². The highest BCUT2D eigenvalue weighted by atomic mass is 79.9. The van der Waals surface area contributed by atoms with Gasteiger partial charge in [-0.2, -0.15) is 5.10 Å². The maximum Gasteiger partial charge on any atom is 0.120 e. The fraction of sp³-hybridized carbons (Fsp3) is 0.667. The van der Waals surface area contributed by atoms with Crippen LogP contribution in [0.15, 0.2) is 10.7 Å². The van der Waals surface area contributed by atoms with Crippen molar-refractivity contribution in [2.24, 2.45) is 0 Å². The van der Waals surface area contributed by atoms with E-state index in [1.807, 2.05) is 13.8 Å². The molecule has 1 N–H and O–H groups in total. The van der Waals surface area contributed by atoms with Gasteiger partial charge < -0.3 is 9.84 Å². The Labute approximate surface area is 92.0 Å². The maximum absolute atomic E-state index is 9.80. The summed E-state index contributed by atoms with van der Waals surface area (Å²) in [5, 5.41) is 14.0. The molecule has 1 aromatic heterocycles. The zero-order valence-corrected chi connectivity index (χ0v) is 10.2. The van der Waals surface area contributed by atoms with Gasteiger partial charge in [0.15, 0.2) is 0 Å². The van der Waals surface area contributed by atoms with E-state index in [2.05, 4.69) is 21.0 Å². The Kier molecular flexibility index (Phi) is 4.10. The Morgan fingerprint density at radius 3 is 2.79 bits per heavy atom. The predicted octanol–water partition coefficient (Wildman–Crippen LogP) is 1.91. The van der Waals surface area contributed by atoms with Crippen LogP contribution in [0.5, 0.6) is 0 Å². The summed E-state index contributed by atoms with van der Waals surface area (Å²) < 4.78 is 7.51. The molecule has 5 heteroatoms. The minimum Gasteiger partial charge on any atom is -0.384 e. The first-order chi connectivity index (χ1) is 6.57. The van der Waals surface area contributed by atoms with Gasteiger partial charge in [-0.15, -0.1) is 0 Å². The van der Waals surface area contributed by atoms with Crippen LogP contribution in [-0.4, -0.2) is 28.6 Å². The van der Waals surface area contributed by atoms with E-state index in [0.29, 0.717) is 0 Å². The van der Waals surface area contributed by atoms with Crippen molar-refractivity contribution in [2.45, 2.75) is 26.0 Å². The Morgan fingerprint density at radius 1 is 1.64 bits per heavy atom. The van der Waals surface area contributed by atoms with Crippen molar-refractivity contribution in [1.29, 1.82) is 0 Å². The average Bonchev–Trinajstić information content (AvgIpc) is 2.47. The van der Waals surface area contributed by atoms with Crippen LogP contribution in [0, 0.1) is 0 Å². The molecule has 4 nitrogen and oxygen atoms in total. The molecular weight excluding hydrogens is 248 g/mol. The molecule has 0 aliphatic heterocycles. The van der Waals surface area contributed by atoms with E-state index in [9.17, 15) is 5.11 Å². The van der Waals surface area contributed by atoms with Gasteiger partial charge in [0.25, 0.3) is 0 Å². The number of nitrogens with zero attached hydrogens (tertiary/aromatic N) is 2. The molecule has 0 bridgehead atoms. The highest BCUT2D eigenvalue weighted by molar-refractivity contribution is 9.10. The maximum atomic E-state index is 9.80. The largest absolute Gasteiger partial charge is 0.384 e. The van der Waals surface area contributed by atoms with Gasteiger partial charge in [0.2, 0.25) is 0 Å². The molecule has 1 heterocycles. The number of hydrogen-bond donors (Lipinski definition) is 1. The zero-order chi connectivity index (χ0) is 10.7. The first kappa shape index (κ1) is 11.7. The van der Waals surface area contributed by atoms with Gasteiger partial charge in [-0.1, -0.05) is 0 Å². The SMILES string of the molecule is COCC(O)c1c(Br)cnn1C(C)C. The van der Waals surface area contributed by atoms with E-state index < -0.39 is 6.10 Å². The Morgan fingerprint density at radius 2 is 2.29 bits per heavy atom. The first-order valence-corrected chi connectivity index (χ1v) is 5.27. The van der Waals surface area contributed by atoms with E-state index >= 15 is 0 Å². The van der Waals surface area contributed by atoms with Gasteiger partial charge in [-0.05, 0) is 29.8 Å². The summed E-state index contributed by atoms with van der Waals surface area (Å²) in [5.74, 6) is 0. The standard InChI is InChI=1S/C9H15BrN2O2/c1-6(2)12-9(7(10)4-11-12)8(13)5-14-3/h4,6,8,13H,5H2,1-3H3. The number of ether oxygens (including phenoxy) is 1. The van der Waals surface area contributed by atoms with E-state index in [0.717, 1.165) is 10.2 Å². The summed E-state index contributed by atoms with van der Waals surface area (Å²) in [6, 6.07) is 0.225. The van der Waals surface area contributed by atoms with Crippen LogP contribution in [0.4, 0.5) is 0 Å². The first-order valence-electron chi connectivity index (χ1n) is 4.47. The summed E-state index contributed by atoms with van der Waals surface area (Å²) in [5.41, 5.74) is 0.766. The smallest absolute Gasteiger partial charge is 0.120 e. The molecule has 0 saturated carbocycles. The number of rotatable bonds is 4. The minimum absolute atomic E-state index is 0.225. The van der Waals surface area contributed by atoms with E-state index in [4.69, 9.17) is 4.74 Å². The van der Waals surface area contributed by atoms with Gasteiger partial charge in [-0.3, -0.25) is 4.68 Å². The van der Waals surface area contributed by atoms with Crippen molar-refractivity contribution in [3.05, 3.63) is 16.4 Å². The fourth-order valence-electron chi connectivity index (χ4n) is 1.31. The van der Waals surface area contributed by atoms with Gasteiger partial charge in [-0.25, -0.2) is 0 Å². The number of halogens is 1. The molecule has 1 unspecified atom stereocenters.